The number of piperazine rings is 1. The topological polar surface area (TPSA) is 74.9 Å². The fourth-order valence-electron chi connectivity index (χ4n) is 4.63. The van der Waals surface area contributed by atoms with Gasteiger partial charge in [0, 0.05) is 30.1 Å². The van der Waals surface area contributed by atoms with E-state index in [-0.39, 0.29) is 31.6 Å². The predicted octanol–water partition coefficient (Wildman–Crippen LogP) is 2.21. The number of benzene rings is 2. The third-order valence-corrected chi connectivity index (χ3v) is 5.96. The van der Waals surface area contributed by atoms with Gasteiger partial charge in [-0.2, -0.15) is 0 Å². The van der Waals surface area contributed by atoms with E-state index in [2.05, 4.69) is 4.98 Å². The molecule has 7 heteroatoms. The first kappa shape index (κ1) is 15.4. The average molecular weight is 390 g/mol. The highest BCUT2D eigenvalue weighted by Gasteiger charge is 2.47. The maximum absolute atomic E-state index is 13.2. The molecule has 0 aliphatic carbocycles. The van der Waals surface area contributed by atoms with Crippen LogP contribution in [0.2, 0.25) is 0 Å². The smallest absolute Gasteiger partial charge is 0.245 e. The fraction of sp³-hybridized carbons (Fsp3) is 0.273. The van der Waals surface area contributed by atoms with Crippen LogP contribution in [-0.2, 0) is 16.0 Å². The quantitative estimate of drug-likeness (QED) is 0.691. The average Bonchev–Trinajstić information content (AvgIpc) is 3.34. The summed E-state index contributed by atoms with van der Waals surface area (Å²) in [6.45, 7) is 0.103. The summed E-state index contributed by atoms with van der Waals surface area (Å²) in [5.74, 6) is 0.617. The van der Waals surface area contributed by atoms with E-state index in [1.165, 1.54) is 9.80 Å². The van der Waals surface area contributed by atoms with Gasteiger partial charge in [0.25, 0.3) is 0 Å². The monoisotopic (exact) mass is 390 g/mol. The van der Waals surface area contributed by atoms with Crippen molar-refractivity contribution < 1.29 is 20.4 Å². The number of ether oxygens (including phenoxy) is 2. The minimum atomic E-state index is -1.71. The van der Waals surface area contributed by atoms with Crippen LogP contribution in [0.4, 0.5) is 0 Å². The first-order valence-corrected chi connectivity index (χ1v) is 9.54. The molecule has 6 rings (SSSR count). The number of H-pyrrole nitrogens is 1. The Kier molecular flexibility index (Phi) is 3.07. The molecule has 3 aliphatic rings. The molecule has 4 heterocycles. The summed E-state index contributed by atoms with van der Waals surface area (Å²) in [6, 6.07) is 11.0. The second-order valence-corrected chi connectivity index (χ2v) is 7.63. The van der Waals surface area contributed by atoms with E-state index in [0.717, 1.165) is 27.7 Å². The number of carbonyl (C=O) groups is 2. The van der Waals surface area contributed by atoms with E-state index in [9.17, 15) is 9.59 Å². The molecule has 146 valence electrons. The lowest BCUT2D eigenvalue weighted by Crippen LogP contribution is -2.62. The van der Waals surface area contributed by atoms with Crippen LogP contribution in [0.25, 0.3) is 10.9 Å². The lowest BCUT2D eigenvalue weighted by molar-refractivity contribution is -0.157. The van der Waals surface area contributed by atoms with Crippen LogP contribution in [-0.4, -0.2) is 53.0 Å². The van der Waals surface area contributed by atoms with E-state index in [4.69, 9.17) is 10.8 Å². The number of amides is 2. The molecule has 3 aliphatic heterocycles. The predicted molar refractivity (Wildman–Crippen MR) is 105 cm³/mol. The highest BCUT2D eigenvalue weighted by molar-refractivity contribution is 5.97. The number of aromatic nitrogens is 1. The molecule has 3 aromatic rings. The minimum Gasteiger partial charge on any atom is -0.454 e. The number of fused-ring (bicyclic) bond motifs is 5. The Hall–Kier alpha value is -3.48. The van der Waals surface area contributed by atoms with Gasteiger partial charge in [-0.3, -0.25) is 9.59 Å². The number of aromatic amines is 1. The lowest BCUT2D eigenvalue weighted by Gasteiger charge is -2.46. The fourth-order valence-corrected chi connectivity index (χ4v) is 4.63. The Labute approximate surface area is 168 Å². The van der Waals surface area contributed by atoms with Crippen molar-refractivity contribution in [2.24, 2.45) is 0 Å². The van der Waals surface area contributed by atoms with Crippen LogP contribution >= 0.6 is 0 Å². The van der Waals surface area contributed by atoms with Crippen LogP contribution in [0.5, 0.6) is 11.5 Å². The maximum atomic E-state index is 13.2. The third-order valence-electron chi connectivity index (χ3n) is 5.96. The Bertz CT molecular complexity index is 1240. The van der Waals surface area contributed by atoms with Crippen molar-refractivity contribution in [1.29, 1.82) is 0 Å². The second-order valence-electron chi connectivity index (χ2n) is 7.63. The molecule has 0 spiro atoms. The van der Waals surface area contributed by atoms with E-state index in [0.29, 0.717) is 11.5 Å². The molecule has 0 radical (unpaired) electrons. The summed E-state index contributed by atoms with van der Waals surface area (Å²) in [5, 5.41) is 0.970. The molecule has 7 nitrogen and oxygen atoms in total. The summed E-state index contributed by atoms with van der Waals surface area (Å²) in [7, 11) is 1.58. The molecular formula is C22H19N3O4. The zero-order valence-corrected chi connectivity index (χ0v) is 15.8. The molecule has 29 heavy (non-hydrogen) atoms. The molecule has 2 aromatic carbocycles. The largest absolute Gasteiger partial charge is 0.454 e. The highest BCUT2D eigenvalue weighted by atomic mass is 16.7. The summed E-state index contributed by atoms with van der Waals surface area (Å²) >= 11 is 0. The number of likely N-dealkylation sites (N-methyl/N-ethyl adjacent to an activating group) is 1. The van der Waals surface area contributed by atoms with Crippen LogP contribution < -0.4 is 9.47 Å². The lowest BCUT2D eigenvalue weighted by atomic mass is 9.86. The van der Waals surface area contributed by atoms with Crippen molar-refractivity contribution >= 4 is 22.7 Å². The van der Waals surface area contributed by atoms with Crippen molar-refractivity contribution in [3.63, 3.8) is 0 Å². The zero-order valence-electron chi connectivity index (χ0n) is 16.8. The van der Waals surface area contributed by atoms with Crippen LogP contribution in [0.15, 0.2) is 42.5 Å². The van der Waals surface area contributed by atoms with Gasteiger partial charge in [-0.25, -0.2) is 0 Å². The first-order valence-electron chi connectivity index (χ1n) is 10.0. The summed E-state index contributed by atoms with van der Waals surface area (Å²) in [4.78, 5) is 32.6. The van der Waals surface area contributed by atoms with Gasteiger partial charge in [-0.15, -0.1) is 0 Å². The molecule has 1 saturated heterocycles. The maximum Gasteiger partial charge on any atom is 0.245 e. The van der Waals surface area contributed by atoms with E-state index in [1.807, 2.05) is 42.5 Å². The van der Waals surface area contributed by atoms with Gasteiger partial charge in [0.1, 0.15) is 6.02 Å². The number of hydrogen-bond donors (Lipinski definition) is 1. The minimum absolute atomic E-state index is 0.0456. The molecule has 1 aromatic heterocycles. The van der Waals surface area contributed by atoms with Gasteiger partial charge in [0.15, 0.2) is 11.5 Å². The van der Waals surface area contributed by atoms with Gasteiger partial charge < -0.3 is 24.3 Å². The van der Waals surface area contributed by atoms with Crippen molar-refractivity contribution in [2.75, 3.05) is 20.4 Å². The second kappa shape index (κ2) is 5.76. The number of nitrogens with one attached hydrogen (secondary N) is 1. The van der Waals surface area contributed by atoms with Gasteiger partial charge in [-0.05, 0) is 29.3 Å². The Morgan fingerprint density at radius 1 is 1.14 bits per heavy atom. The number of rotatable bonds is 1. The van der Waals surface area contributed by atoms with Gasteiger partial charge in [-0.1, -0.05) is 24.3 Å². The van der Waals surface area contributed by atoms with E-state index < -0.39 is 12.1 Å². The Balaban J connectivity index is 1.63. The SMILES string of the molecule is [2H][C@]12Cc3c([nH]c4ccccc34)C(c3ccc4c(c3)OCO4)N1C(=O)CN(C)C2=O. The van der Waals surface area contributed by atoms with Gasteiger partial charge in [0.05, 0.1) is 14.0 Å². The summed E-state index contributed by atoms with van der Waals surface area (Å²) in [6.07, 6.45) is 0.141. The first-order chi connectivity index (χ1) is 14.5. The van der Waals surface area contributed by atoms with E-state index in [1.54, 1.807) is 7.05 Å². The highest BCUT2D eigenvalue weighted by Crippen LogP contribution is 2.44. The molecule has 1 unspecified atom stereocenters. The van der Waals surface area contributed by atoms with Gasteiger partial charge >= 0.3 is 0 Å². The van der Waals surface area contributed by atoms with Crippen molar-refractivity contribution in [2.45, 2.75) is 18.5 Å². The van der Waals surface area contributed by atoms with Crippen molar-refractivity contribution in [1.82, 2.24) is 14.8 Å². The zero-order chi connectivity index (χ0) is 20.6. The molecule has 1 N–H and O–H groups in total. The molecule has 2 amide bonds. The third kappa shape index (κ3) is 2.24. The van der Waals surface area contributed by atoms with Crippen LogP contribution in [0, 0.1) is 0 Å². The number of hydrogen-bond acceptors (Lipinski definition) is 4. The van der Waals surface area contributed by atoms with Crippen LogP contribution in [0.1, 0.15) is 24.2 Å². The number of para-hydroxylation sites is 1. The summed E-state index contributed by atoms with van der Waals surface area (Å²) in [5.41, 5.74) is 3.43. The molecule has 0 bridgehead atoms. The van der Waals surface area contributed by atoms with Gasteiger partial charge in [0.2, 0.25) is 18.6 Å². The van der Waals surface area contributed by atoms with Crippen molar-refractivity contribution in [3.05, 3.63) is 59.3 Å². The molecule has 2 atom stereocenters. The molecular weight excluding hydrogens is 370 g/mol. The Morgan fingerprint density at radius 3 is 2.86 bits per heavy atom. The Morgan fingerprint density at radius 2 is 1.97 bits per heavy atom. The molecule has 1 fully saturated rings. The normalized spacial score (nSPS) is 25.8. The molecule has 0 saturated carbocycles. The summed E-state index contributed by atoms with van der Waals surface area (Å²) < 4.78 is 20.1. The standard InChI is InChI=1S/C22H19N3O4/c1-24-10-19(26)25-16(22(24)27)9-14-13-4-2-3-5-15(13)23-20(14)21(25)12-6-7-17-18(8-12)29-11-28-17/h2-8,16,21,23H,9-11H2,1H3/t16-,21?/m1/s1/i16D. The number of nitrogens with zero attached hydrogens (tertiary/aromatic N) is 2. The van der Waals surface area contributed by atoms with Crippen molar-refractivity contribution in [3.8, 4) is 11.5 Å². The number of carbonyl (C=O) groups excluding carboxylic acids is 2. The van der Waals surface area contributed by atoms with Crippen LogP contribution in [0.3, 0.4) is 0 Å². The van der Waals surface area contributed by atoms with E-state index >= 15 is 0 Å².